The summed E-state index contributed by atoms with van der Waals surface area (Å²) < 4.78 is 0. The average molecular weight is 345 g/mol. The zero-order valence-electron chi connectivity index (χ0n) is 13.2. The molecule has 130 valence electrons. The molecular weight excluding hydrogens is 330 g/mol. The van der Waals surface area contributed by atoms with Gasteiger partial charge in [-0.15, -0.1) is 0 Å². The van der Waals surface area contributed by atoms with E-state index >= 15 is 0 Å². The lowest BCUT2D eigenvalue weighted by Gasteiger charge is -2.36. The van der Waals surface area contributed by atoms with Crippen LogP contribution in [0.15, 0.2) is 29.4 Å². The molecule has 2 saturated heterocycles. The zero-order valence-corrected chi connectivity index (χ0v) is 13.2. The summed E-state index contributed by atoms with van der Waals surface area (Å²) in [5, 5.41) is 20.7. The van der Waals surface area contributed by atoms with E-state index in [0.717, 1.165) is 0 Å². The Hall–Kier alpha value is -3.05. The molecule has 3 amide bonds. The molecule has 11 heteroatoms. The highest BCUT2D eigenvalue weighted by molar-refractivity contribution is 6.04. The van der Waals surface area contributed by atoms with Crippen molar-refractivity contribution in [1.29, 1.82) is 0 Å². The molecule has 0 aromatic heterocycles. The van der Waals surface area contributed by atoms with Crippen LogP contribution in [0.1, 0.15) is 5.56 Å². The number of nitrogens with one attached hydrogen (secondary N) is 3. The molecule has 3 N–H and O–H groups in total. The topological polar surface area (TPSA) is 132 Å². The number of fused-ring (bicyclic) bond motifs is 3. The fraction of sp³-hybridized carbons (Fsp3) is 0.357. The summed E-state index contributed by atoms with van der Waals surface area (Å²) in [5.74, 6) is -0.384. The molecule has 0 radical (unpaired) electrons. The minimum Gasteiger partial charge on any atom is -0.310 e. The van der Waals surface area contributed by atoms with Gasteiger partial charge in [-0.05, 0) is 0 Å². The van der Waals surface area contributed by atoms with Gasteiger partial charge in [-0.2, -0.15) is 5.10 Å². The lowest BCUT2D eigenvalue weighted by atomic mass is 10.1. The van der Waals surface area contributed by atoms with E-state index in [1.165, 1.54) is 17.0 Å². The summed E-state index contributed by atoms with van der Waals surface area (Å²) >= 11 is 0. The number of non-ortho nitro benzene ring substituents is 1. The highest BCUT2D eigenvalue weighted by atomic mass is 16.6. The molecule has 3 atom stereocenters. The summed E-state index contributed by atoms with van der Waals surface area (Å²) in [6.07, 6.45) is -0.880. The van der Waals surface area contributed by atoms with Gasteiger partial charge in [0.15, 0.2) is 6.29 Å². The number of hydrogen-bond donors (Lipinski definition) is 3. The number of urea groups is 1. The van der Waals surface area contributed by atoms with Gasteiger partial charge in [-0.1, -0.05) is 12.1 Å². The van der Waals surface area contributed by atoms with Crippen molar-refractivity contribution in [2.75, 3.05) is 13.6 Å². The molecule has 4 rings (SSSR count). The van der Waals surface area contributed by atoms with Gasteiger partial charge in [0.1, 0.15) is 12.2 Å². The molecule has 1 aromatic carbocycles. The Labute approximate surface area is 141 Å². The largest absolute Gasteiger partial charge is 0.325 e. The first-order valence-corrected chi connectivity index (χ1v) is 7.62. The minimum atomic E-state index is -0.579. The number of carbonyl (C=O) groups is 2. The summed E-state index contributed by atoms with van der Waals surface area (Å²) in [6, 6.07) is 5.13. The SMILES string of the molecule is CN1C(=O)NC(=O)C2C1NC1NN=C(c3cccc([N+](=O)[O-])c3)CN12. The van der Waals surface area contributed by atoms with E-state index in [-0.39, 0.29) is 11.6 Å². The Balaban J connectivity index is 1.61. The number of nitrogens with zero attached hydrogens (tertiary/aromatic N) is 4. The highest BCUT2D eigenvalue weighted by Gasteiger charge is 2.52. The van der Waals surface area contributed by atoms with E-state index in [0.29, 0.717) is 17.8 Å². The van der Waals surface area contributed by atoms with E-state index < -0.39 is 29.5 Å². The monoisotopic (exact) mass is 345 g/mol. The molecule has 3 aliphatic rings. The highest BCUT2D eigenvalue weighted by Crippen LogP contribution is 2.25. The van der Waals surface area contributed by atoms with Crippen LogP contribution in [-0.2, 0) is 4.79 Å². The van der Waals surface area contributed by atoms with Crippen LogP contribution in [0.3, 0.4) is 0 Å². The van der Waals surface area contributed by atoms with Crippen LogP contribution in [0.5, 0.6) is 0 Å². The second-order valence-electron chi connectivity index (χ2n) is 6.03. The molecule has 2 fully saturated rings. The normalized spacial score (nSPS) is 28.6. The fourth-order valence-electron chi connectivity index (χ4n) is 3.31. The van der Waals surface area contributed by atoms with Crippen LogP contribution in [0.25, 0.3) is 0 Å². The van der Waals surface area contributed by atoms with Crippen molar-refractivity contribution in [2.24, 2.45) is 5.10 Å². The summed E-state index contributed by atoms with van der Waals surface area (Å²) in [7, 11) is 1.60. The number of benzene rings is 1. The van der Waals surface area contributed by atoms with Crippen LogP contribution in [0.2, 0.25) is 0 Å². The third-order valence-corrected chi connectivity index (χ3v) is 4.60. The minimum absolute atomic E-state index is 0.0273. The number of hydrazone groups is 1. The number of carbonyl (C=O) groups excluding carboxylic acids is 2. The second kappa shape index (κ2) is 5.50. The van der Waals surface area contributed by atoms with E-state index in [2.05, 4.69) is 21.2 Å². The first kappa shape index (κ1) is 15.5. The van der Waals surface area contributed by atoms with Gasteiger partial charge >= 0.3 is 6.03 Å². The van der Waals surface area contributed by atoms with Crippen LogP contribution in [-0.4, -0.2) is 64.5 Å². The predicted octanol–water partition coefficient (Wildman–Crippen LogP) is -1.03. The molecule has 0 spiro atoms. The Morgan fingerprint density at radius 3 is 2.92 bits per heavy atom. The number of nitro benzene ring substituents is 1. The van der Waals surface area contributed by atoms with Crippen molar-refractivity contribution in [3.8, 4) is 0 Å². The maximum atomic E-state index is 12.3. The molecule has 3 unspecified atom stereocenters. The van der Waals surface area contributed by atoms with E-state index in [9.17, 15) is 19.7 Å². The Morgan fingerprint density at radius 2 is 2.16 bits per heavy atom. The summed E-state index contributed by atoms with van der Waals surface area (Å²) in [6.45, 7) is 0.308. The van der Waals surface area contributed by atoms with Gasteiger partial charge in [0.25, 0.3) is 5.69 Å². The van der Waals surface area contributed by atoms with Crippen molar-refractivity contribution in [2.45, 2.75) is 18.5 Å². The number of imide groups is 1. The van der Waals surface area contributed by atoms with Crippen LogP contribution in [0.4, 0.5) is 10.5 Å². The average Bonchev–Trinajstić information content (AvgIpc) is 2.99. The van der Waals surface area contributed by atoms with Crippen molar-refractivity contribution in [1.82, 2.24) is 25.9 Å². The number of likely N-dealkylation sites (N-methyl/N-ethyl adjacent to an activating group) is 1. The Bertz CT molecular complexity index is 810. The van der Waals surface area contributed by atoms with Crippen molar-refractivity contribution < 1.29 is 14.5 Å². The van der Waals surface area contributed by atoms with E-state index in [4.69, 9.17) is 0 Å². The summed E-state index contributed by atoms with van der Waals surface area (Å²) in [4.78, 5) is 37.8. The molecule has 0 aliphatic carbocycles. The molecular formula is C14H15N7O4. The first-order valence-electron chi connectivity index (χ1n) is 7.62. The predicted molar refractivity (Wildman–Crippen MR) is 85.3 cm³/mol. The van der Waals surface area contributed by atoms with Crippen LogP contribution < -0.4 is 16.1 Å². The lowest BCUT2D eigenvalue weighted by Crippen LogP contribution is -2.65. The maximum absolute atomic E-state index is 12.3. The van der Waals surface area contributed by atoms with Crippen molar-refractivity contribution in [3.63, 3.8) is 0 Å². The number of hydrogen-bond acceptors (Lipinski definition) is 8. The molecule has 0 bridgehead atoms. The molecule has 3 aliphatic heterocycles. The molecule has 0 saturated carbocycles. The third-order valence-electron chi connectivity index (χ3n) is 4.60. The standard InChI is InChI=1S/C14H15N7O4/c1-19-11-10(12(22)16-14(19)23)20-6-9(17-18-13(20)15-11)7-3-2-4-8(5-7)21(24)25/h2-5,10-11,13,15,18H,6H2,1H3,(H,16,22,23). The van der Waals surface area contributed by atoms with Crippen molar-refractivity contribution >= 4 is 23.3 Å². The zero-order chi connectivity index (χ0) is 17.7. The quantitative estimate of drug-likeness (QED) is 0.461. The van der Waals surface area contributed by atoms with E-state index in [1.807, 2.05) is 4.90 Å². The Morgan fingerprint density at radius 1 is 1.36 bits per heavy atom. The fourth-order valence-corrected chi connectivity index (χ4v) is 3.31. The van der Waals surface area contributed by atoms with Gasteiger partial charge in [0.05, 0.1) is 10.6 Å². The molecule has 11 nitrogen and oxygen atoms in total. The Kier molecular flexibility index (Phi) is 3.40. The first-order chi connectivity index (χ1) is 12.0. The molecule has 1 aromatic rings. The van der Waals surface area contributed by atoms with Gasteiger partial charge in [-0.25, -0.2) is 9.69 Å². The number of amides is 3. The molecule has 25 heavy (non-hydrogen) atoms. The van der Waals surface area contributed by atoms with E-state index in [1.54, 1.807) is 19.2 Å². The number of nitro groups is 1. The third kappa shape index (κ3) is 2.40. The number of rotatable bonds is 2. The smallest absolute Gasteiger partial charge is 0.310 e. The lowest BCUT2D eigenvalue weighted by molar-refractivity contribution is -0.384. The van der Waals surface area contributed by atoms with Gasteiger partial charge in [0, 0.05) is 31.3 Å². The van der Waals surface area contributed by atoms with Gasteiger partial charge in [0.2, 0.25) is 5.91 Å². The van der Waals surface area contributed by atoms with Gasteiger partial charge < -0.3 is 4.90 Å². The van der Waals surface area contributed by atoms with Crippen LogP contribution >= 0.6 is 0 Å². The maximum Gasteiger partial charge on any atom is 0.325 e. The van der Waals surface area contributed by atoms with Crippen LogP contribution in [0, 0.1) is 10.1 Å². The van der Waals surface area contributed by atoms with Gasteiger partial charge in [-0.3, -0.25) is 31.0 Å². The second-order valence-corrected chi connectivity index (χ2v) is 6.03. The summed E-state index contributed by atoms with van der Waals surface area (Å²) in [5.41, 5.74) is 4.06. The molecule has 3 heterocycles. The van der Waals surface area contributed by atoms with Crippen molar-refractivity contribution in [3.05, 3.63) is 39.9 Å².